The lowest BCUT2D eigenvalue weighted by molar-refractivity contribution is -0.384. The Kier molecular flexibility index (Phi) is 5.05. The summed E-state index contributed by atoms with van der Waals surface area (Å²) in [5.74, 6) is -0.259. The van der Waals surface area contributed by atoms with Crippen molar-refractivity contribution < 1.29 is 9.72 Å². The molecule has 92 valence electrons. The van der Waals surface area contributed by atoms with Crippen LogP contribution in [0.25, 0.3) is 0 Å². The van der Waals surface area contributed by atoms with E-state index in [9.17, 15) is 14.9 Å². The molecule has 0 unspecified atom stereocenters. The minimum Gasteiger partial charge on any atom is -0.320 e. The summed E-state index contributed by atoms with van der Waals surface area (Å²) < 4.78 is 0.595. The summed E-state index contributed by atoms with van der Waals surface area (Å²) in [6, 6.07) is 4.49. The first kappa shape index (κ1) is 13.6. The van der Waals surface area contributed by atoms with Crippen LogP contribution < -0.4 is 10.6 Å². The molecule has 0 aromatic heterocycles. The van der Waals surface area contributed by atoms with Gasteiger partial charge in [0.05, 0.1) is 4.92 Å². The monoisotopic (exact) mass is 301 g/mol. The number of halogens is 1. The fourth-order valence-electron chi connectivity index (χ4n) is 1.21. The minimum absolute atomic E-state index is 0.128. The van der Waals surface area contributed by atoms with Gasteiger partial charge < -0.3 is 10.6 Å². The molecular formula is C10H12BrN3O3. The molecule has 17 heavy (non-hydrogen) atoms. The van der Waals surface area contributed by atoms with Crippen molar-refractivity contribution in [1.82, 2.24) is 5.32 Å². The second-order valence-electron chi connectivity index (χ2n) is 3.32. The van der Waals surface area contributed by atoms with Gasteiger partial charge in [0.25, 0.3) is 5.69 Å². The first-order chi connectivity index (χ1) is 8.04. The molecular weight excluding hydrogens is 290 g/mol. The van der Waals surface area contributed by atoms with Crippen molar-refractivity contribution in [3.63, 3.8) is 0 Å². The normalized spacial score (nSPS) is 10.0. The maximum Gasteiger partial charge on any atom is 0.293 e. The van der Waals surface area contributed by atoms with Crippen LogP contribution in [-0.2, 0) is 4.79 Å². The van der Waals surface area contributed by atoms with Crippen LogP contribution in [0.1, 0.15) is 6.42 Å². The highest BCUT2D eigenvalue weighted by Gasteiger charge is 2.15. The van der Waals surface area contributed by atoms with Crippen molar-refractivity contribution in [2.45, 2.75) is 6.42 Å². The van der Waals surface area contributed by atoms with Crippen LogP contribution in [0.2, 0.25) is 0 Å². The molecule has 1 amide bonds. The van der Waals surface area contributed by atoms with E-state index in [1.807, 2.05) is 0 Å². The molecule has 0 heterocycles. The number of nitro groups is 1. The Hall–Kier alpha value is -1.47. The molecule has 1 aromatic carbocycles. The second-order valence-corrected chi connectivity index (χ2v) is 4.24. The van der Waals surface area contributed by atoms with E-state index in [4.69, 9.17) is 0 Å². The third-order valence-corrected chi connectivity index (χ3v) is 2.53. The van der Waals surface area contributed by atoms with E-state index in [1.165, 1.54) is 12.1 Å². The maximum atomic E-state index is 11.4. The molecule has 1 rings (SSSR count). The van der Waals surface area contributed by atoms with Gasteiger partial charge in [0.15, 0.2) is 0 Å². The lowest BCUT2D eigenvalue weighted by Gasteiger charge is -2.06. The fourth-order valence-corrected chi connectivity index (χ4v) is 1.56. The number of carbonyl (C=O) groups excluding carboxylic acids is 1. The van der Waals surface area contributed by atoms with Gasteiger partial charge in [-0.1, -0.05) is 15.9 Å². The highest BCUT2D eigenvalue weighted by atomic mass is 79.9. The molecule has 6 nitrogen and oxygen atoms in total. The average Bonchev–Trinajstić information content (AvgIpc) is 2.28. The van der Waals surface area contributed by atoms with E-state index in [2.05, 4.69) is 26.6 Å². The van der Waals surface area contributed by atoms with Crippen molar-refractivity contribution >= 4 is 33.2 Å². The summed E-state index contributed by atoms with van der Waals surface area (Å²) in [7, 11) is 1.73. The number of carbonyl (C=O) groups is 1. The Bertz CT molecular complexity index is 437. The molecule has 0 saturated heterocycles. The molecule has 0 fully saturated rings. The molecule has 0 spiro atoms. The molecule has 0 atom stereocenters. The van der Waals surface area contributed by atoms with Crippen LogP contribution in [0.4, 0.5) is 11.4 Å². The number of hydrogen-bond acceptors (Lipinski definition) is 4. The van der Waals surface area contributed by atoms with Crippen molar-refractivity contribution in [1.29, 1.82) is 0 Å². The molecule has 2 N–H and O–H groups in total. The van der Waals surface area contributed by atoms with E-state index < -0.39 is 4.92 Å². The molecule has 0 aliphatic rings. The molecule has 0 aliphatic carbocycles. The van der Waals surface area contributed by atoms with E-state index in [0.29, 0.717) is 11.0 Å². The zero-order valence-electron chi connectivity index (χ0n) is 9.20. The second kappa shape index (κ2) is 6.31. The van der Waals surface area contributed by atoms with Gasteiger partial charge in [0.2, 0.25) is 5.91 Å². The number of hydrogen-bond donors (Lipinski definition) is 2. The number of nitrogens with one attached hydrogen (secondary N) is 2. The highest BCUT2D eigenvalue weighted by Crippen LogP contribution is 2.27. The van der Waals surface area contributed by atoms with Crippen LogP contribution in [0, 0.1) is 10.1 Å². The topological polar surface area (TPSA) is 84.3 Å². The molecule has 7 heteroatoms. The zero-order chi connectivity index (χ0) is 12.8. The summed E-state index contributed by atoms with van der Waals surface area (Å²) in [6.45, 7) is 0.524. The quantitative estimate of drug-likeness (QED) is 0.643. The predicted octanol–water partition coefficient (Wildman–Crippen LogP) is 1.91. The Balaban J connectivity index is 2.83. The van der Waals surface area contributed by atoms with Gasteiger partial charge in [-0.3, -0.25) is 14.9 Å². The van der Waals surface area contributed by atoms with Crippen molar-refractivity contribution in [3.05, 3.63) is 32.8 Å². The van der Waals surface area contributed by atoms with Crippen LogP contribution >= 0.6 is 15.9 Å². The lowest BCUT2D eigenvalue weighted by atomic mass is 10.2. The summed E-state index contributed by atoms with van der Waals surface area (Å²) >= 11 is 3.15. The van der Waals surface area contributed by atoms with Gasteiger partial charge in [-0.2, -0.15) is 0 Å². The Morgan fingerprint density at radius 1 is 1.53 bits per heavy atom. The zero-order valence-corrected chi connectivity index (χ0v) is 10.8. The molecule has 0 saturated carbocycles. The predicted molar refractivity (Wildman–Crippen MR) is 68.0 cm³/mol. The third kappa shape index (κ3) is 4.12. The molecule has 0 aliphatic heterocycles. The number of anilines is 1. The summed E-state index contributed by atoms with van der Waals surface area (Å²) in [4.78, 5) is 21.7. The SMILES string of the molecule is CNCCC(=O)Nc1ccc(Br)cc1[N+](=O)[O-]. The summed E-state index contributed by atoms with van der Waals surface area (Å²) in [6.07, 6.45) is 0.268. The van der Waals surface area contributed by atoms with E-state index in [1.54, 1.807) is 13.1 Å². The third-order valence-electron chi connectivity index (χ3n) is 2.03. The molecule has 1 aromatic rings. The van der Waals surface area contributed by atoms with Gasteiger partial charge in [0, 0.05) is 23.5 Å². The first-order valence-electron chi connectivity index (χ1n) is 4.93. The number of rotatable bonds is 5. The smallest absolute Gasteiger partial charge is 0.293 e. The lowest BCUT2D eigenvalue weighted by Crippen LogP contribution is -2.19. The molecule has 0 bridgehead atoms. The standard InChI is InChI=1S/C10H12BrN3O3/c1-12-5-4-10(15)13-8-3-2-7(11)6-9(8)14(16)17/h2-3,6,12H,4-5H2,1H3,(H,13,15). The maximum absolute atomic E-state index is 11.4. The van der Waals surface area contributed by atoms with Crippen LogP contribution in [-0.4, -0.2) is 24.4 Å². The average molecular weight is 302 g/mol. The Labute approximate surface area is 107 Å². The number of nitrogens with zero attached hydrogens (tertiary/aromatic N) is 1. The summed E-state index contributed by atoms with van der Waals surface area (Å²) in [5.41, 5.74) is 0.0801. The van der Waals surface area contributed by atoms with Crippen molar-refractivity contribution in [3.8, 4) is 0 Å². The van der Waals surface area contributed by atoms with E-state index in [-0.39, 0.29) is 23.7 Å². The number of benzene rings is 1. The number of nitro benzene ring substituents is 1. The van der Waals surface area contributed by atoms with Gasteiger partial charge >= 0.3 is 0 Å². The Morgan fingerprint density at radius 2 is 2.24 bits per heavy atom. The first-order valence-corrected chi connectivity index (χ1v) is 5.72. The minimum atomic E-state index is -0.529. The van der Waals surface area contributed by atoms with Gasteiger partial charge in [0.1, 0.15) is 5.69 Å². The summed E-state index contributed by atoms with van der Waals surface area (Å²) in [5, 5.41) is 16.1. The van der Waals surface area contributed by atoms with Crippen molar-refractivity contribution in [2.24, 2.45) is 0 Å². The van der Waals surface area contributed by atoms with E-state index in [0.717, 1.165) is 0 Å². The van der Waals surface area contributed by atoms with Gasteiger partial charge in [-0.15, -0.1) is 0 Å². The fraction of sp³-hybridized carbons (Fsp3) is 0.300. The van der Waals surface area contributed by atoms with Crippen molar-refractivity contribution in [2.75, 3.05) is 18.9 Å². The van der Waals surface area contributed by atoms with Crippen LogP contribution in [0.3, 0.4) is 0 Å². The van der Waals surface area contributed by atoms with Crippen LogP contribution in [0.15, 0.2) is 22.7 Å². The van der Waals surface area contributed by atoms with Gasteiger partial charge in [-0.05, 0) is 19.2 Å². The highest BCUT2D eigenvalue weighted by molar-refractivity contribution is 9.10. The Morgan fingerprint density at radius 3 is 2.82 bits per heavy atom. The molecule has 0 radical (unpaired) electrons. The van der Waals surface area contributed by atoms with E-state index >= 15 is 0 Å². The number of amides is 1. The van der Waals surface area contributed by atoms with Gasteiger partial charge in [-0.25, -0.2) is 0 Å². The van der Waals surface area contributed by atoms with Crippen LogP contribution in [0.5, 0.6) is 0 Å². The largest absolute Gasteiger partial charge is 0.320 e.